The van der Waals surface area contributed by atoms with Gasteiger partial charge in [-0.3, -0.25) is 14.6 Å². The maximum atomic E-state index is 12.9. The number of aromatic amines is 1. The van der Waals surface area contributed by atoms with Gasteiger partial charge in [-0.1, -0.05) is 13.8 Å². The van der Waals surface area contributed by atoms with E-state index in [0.29, 0.717) is 59.3 Å². The number of pyridine rings is 2. The summed E-state index contributed by atoms with van der Waals surface area (Å²) in [6, 6.07) is 2.35. The molecule has 2 atom stereocenters. The molecule has 4 rings (SSSR count). The summed E-state index contributed by atoms with van der Waals surface area (Å²) in [5.41, 5.74) is 13.8. The molecule has 0 aromatic carbocycles. The lowest BCUT2D eigenvalue weighted by molar-refractivity contribution is -0.345. The number of fused-ring (bicyclic) bond motifs is 3. The molecule has 2 aliphatic heterocycles. The molecule has 1 fully saturated rings. The number of carbonyl (C=O) groups is 1. The number of morpholine rings is 1. The van der Waals surface area contributed by atoms with Gasteiger partial charge in [0.05, 0.1) is 37.1 Å². The number of anilines is 4. The second-order valence-electron chi connectivity index (χ2n) is 8.99. The molecule has 31 heavy (non-hydrogen) atoms. The number of nitrogens with one attached hydrogen (secondary N) is 1. The van der Waals surface area contributed by atoms with Crippen LogP contribution in [-0.4, -0.2) is 42.7 Å². The second kappa shape index (κ2) is 7.85. The second-order valence-corrected chi connectivity index (χ2v) is 8.99. The lowest BCUT2D eigenvalue weighted by Gasteiger charge is -2.33. The molecule has 4 heterocycles. The van der Waals surface area contributed by atoms with Crippen LogP contribution in [0, 0.1) is 17.2 Å². The van der Waals surface area contributed by atoms with Crippen LogP contribution in [0.3, 0.4) is 0 Å². The molecule has 5 N–H and O–H groups in total. The van der Waals surface area contributed by atoms with Crippen LogP contribution in [0.25, 0.3) is 10.8 Å². The van der Waals surface area contributed by atoms with Crippen molar-refractivity contribution in [2.45, 2.75) is 52.7 Å². The predicted molar refractivity (Wildman–Crippen MR) is 120 cm³/mol. The van der Waals surface area contributed by atoms with Crippen molar-refractivity contribution in [3.05, 3.63) is 11.1 Å². The average molecular weight is 425 g/mol. The fraction of sp³-hybridized carbons (Fsp3) is 0.545. The van der Waals surface area contributed by atoms with Crippen molar-refractivity contribution in [2.75, 3.05) is 40.9 Å². The number of nitriles is 1. The van der Waals surface area contributed by atoms with Crippen molar-refractivity contribution in [1.82, 2.24) is 4.98 Å². The van der Waals surface area contributed by atoms with Crippen LogP contribution in [0.15, 0.2) is 0 Å². The average Bonchev–Trinajstić information content (AvgIpc) is 3.00. The van der Waals surface area contributed by atoms with E-state index in [1.54, 1.807) is 4.90 Å². The van der Waals surface area contributed by atoms with Gasteiger partial charge in [-0.05, 0) is 26.2 Å². The zero-order chi connectivity index (χ0) is 22.4. The standard InChI is InChI=1S/C22H29N7O2/c1-11(2)5-6-29-16(30)7-14-17-15(8-23)21(28-9-12(3)31-13(4)10-28)26-19(24)18(17)20(25)27-22(14)29/h11-13H,5-7,9-10H2,1-4H3,(H2,24,26)(H2,25,27)/p+1/t12-,13-/m1/s1. The first-order valence-electron chi connectivity index (χ1n) is 10.8. The number of carbonyl (C=O) groups excluding carboxylic acids is 1. The van der Waals surface area contributed by atoms with Crippen LogP contribution in [0.1, 0.15) is 45.2 Å². The molecule has 9 nitrogen and oxygen atoms in total. The van der Waals surface area contributed by atoms with E-state index in [1.807, 2.05) is 13.8 Å². The Kier molecular flexibility index (Phi) is 5.35. The van der Waals surface area contributed by atoms with Crippen molar-refractivity contribution in [1.29, 1.82) is 5.26 Å². The highest BCUT2D eigenvalue weighted by molar-refractivity contribution is 6.12. The zero-order valence-electron chi connectivity index (χ0n) is 18.5. The summed E-state index contributed by atoms with van der Waals surface area (Å²) in [5, 5.41) is 11.3. The van der Waals surface area contributed by atoms with Gasteiger partial charge in [0.2, 0.25) is 17.5 Å². The molecular formula is C22H30N7O2+. The van der Waals surface area contributed by atoms with Gasteiger partial charge < -0.3 is 16.2 Å². The minimum absolute atomic E-state index is 0.0157. The molecule has 0 aliphatic carbocycles. The van der Waals surface area contributed by atoms with Gasteiger partial charge in [-0.2, -0.15) is 5.26 Å². The lowest BCUT2D eigenvalue weighted by Crippen LogP contribution is -2.48. The summed E-state index contributed by atoms with van der Waals surface area (Å²) < 4.78 is 5.85. The first-order chi connectivity index (χ1) is 14.7. The summed E-state index contributed by atoms with van der Waals surface area (Å²) >= 11 is 0. The van der Waals surface area contributed by atoms with E-state index in [1.165, 1.54) is 0 Å². The Morgan fingerprint density at radius 1 is 1.26 bits per heavy atom. The summed E-state index contributed by atoms with van der Waals surface area (Å²) in [4.78, 5) is 24.3. The quantitative estimate of drug-likeness (QED) is 0.761. The van der Waals surface area contributed by atoms with E-state index < -0.39 is 0 Å². The predicted octanol–water partition coefficient (Wildman–Crippen LogP) is 1.63. The molecule has 1 amide bonds. The third-order valence-electron chi connectivity index (χ3n) is 5.98. The van der Waals surface area contributed by atoms with Gasteiger partial charge in [0, 0.05) is 17.5 Å². The van der Waals surface area contributed by atoms with E-state index in [9.17, 15) is 10.1 Å². The normalized spacial score (nSPS) is 21.1. The van der Waals surface area contributed by atoms with Crippen molar-refractivity contribution < 1.29 is 14.5 Å². The first kappa shape index (κ1) is 21.1. The van der Waals surface area contributed by atoms with Crippen molar-refractivity contribution in [3.8, 4) is 6.07 Å². The van der Waals surface area contributed by atoms with E-state index >= 15 is 0 Å². The molecule has 2 aromatic rings. The molecule has 2 aliphatic rings. The SMILES string of the molecule is CC(C)CCN1C(=O)Cc2c1nc(N)c1c(N)[nH+]c(N3C[C@@H](C)O[C@H](C)C3)c(C#N)c21. The van der Waals surface area contributed by atoms with Crippen LogP contribution < -0.4 is 26.3 Å². The number of hydrogen-bond donors (Lipinski definition) is 2. The Morgan fingerprint density at radius 2 is 1.94 bits per heavy atom. The minimum Gasteiger partial charge on any atom is -0.383 e. The maximum Gasteiger partial charge on any atom is 0.240 e. The fourth-order valence-electron chi connectivity index (χ4n) is 4.63. The molecule has 0 unspecified atom stereocenters. The molecule has 1 saturated heterocycles. The number of nitrogen functional groups attached to an aromatic ring is 2. The van der Waals surface area contributed by atoms with E-state index in [2.05, 4.69) is 34.8 Å². The highest BCUT2D eigenvalue weighted by Gasteiger charge is 2.36. The Hall–Kier alpha value is -3.12. The van der Waals surface area contributed by atoms with Gasteiger partial charge in [0.25, 0.3) is 0 Å². The van der Waals surface area contributed by atoms with Gasteiger partial charge >= 0.3 is 0 Å². The van der Waals surface area contributed by atoms with Gasteiger partial charge in [0.15, 0.2) is 0 Å². The van der Waals surface area contributed by atoms with Crippen LogP contribution in [0.5, 0.6) is 0 Å². The number of rotatable bonds is 4. The molecule has 0 saturated carbocycles. The summed E-state index contributed by atoms with van der Waals surface area (Å²) in [6.07, 6.45) is 1.07. The van der Waals surface area contributed by atoms with Gasteiger partial charge in [0.1, 0.15) is 23.3 Å². The Morgan fingerprint density at radius 3 is 2.55 bits per heavy atom. The topological polar surface area (TPSA) is 136 Å². The molecular weight excluding hydrogens is 394 g/mol. The number of nitrogens with two attached hydrogens (primary N) is 2. The number of hydrogen-bond acceptors (Lipinski definition) is 7. The fourth-order valence-corrected chi connectivity index (χ4v) is 4.63. The van der Waals surface area contributed by atoms with E-state index in [4.69, 9.17) is 16.2 Å². The van der Waals surface area contributed by atoms with E-state index in [-0.39, 0.29) is 30.4 Å². The third-order valence-corrected chi connectivity index (χ3v) is 5.98. The molecule has 0 radical (unpaired) electrons. The summed E-state index contributed by atoms with van der Waals surface area (Å²) in [6.45, 7) is 10.1. The van der Waals surface area contributed by atoms with Crippen LogP contribution in [0.2, 0.25) is 0 Å². The number of nitrogens with zero attached hydrogens (tertiary/aromatic N) is 4. The Bertz CT molecular complexity index is 1080. The monoisotopic (exact) mass is 424 g/mol. The van der Waals surface area contributed by atoms with Crippen molar-refractivity contribution in [3.63, 3.8) is 0 Å². The molecule has 164 valence electrons. The number of amides is 1. The molecule has 2 aromatic heterocycles. The van der Waals surface area contributed by atoms with Crippen LogP contribution in [-0.2, 0) is 16.0 Å². The molecule has 9 heteroatoms. The zero-order valence-corrected chi connectivity index (χ0v) is 18.5. The minimum atomic E-state index is -0.0273. The van der Waals surface area contributed by atoms with Gasteiger partial charge in [-0.15, -0.1) is 0 Å². The Labute approximate surface area is 182 Å². The summed E-state index contributed by atoms with van der Waals surface area (Å²) in [7, 11) is 0. The largest absolute Gasteiger partial charge is 0.383 e. The van der Waals surface area contributed by atoms with Crippen molar-refractivity contribution >= 4 is 40.0 Å². The molecule has 0 bridgehead atoms. The Balaban J connectivity index is 1.92. The number of aromatic nitrogens is 2. The number of ether oxygens (including phenoxy) is 1. The maximum absolute atomic E-state index is 12.9. The third kappa shape index (κ3) is 3.61. The summed E-state index contributed by atoms with van der Waals surface area (Å²) in [5.74, 6) is 2.17. The number of H-pyrrole nitrogens is 1. The van der Waals surface area contributed by atoms with Crippen LogP contribution in [0.4, 0.5) is 23.3 Å². The van der Waals surface area contributed by atoms with Crippen LogP contribution >= 0.6 is 0 Å². The highest BCUT2D eigenvalue weighted by Crippen LogP contribution is 2.41. The highest BCUT2D eigenvalue weighted by atomic mass is 16.5. The van der Waals surface area contributed by atoms with E-state index in [0.717, 1.165) is 12.0 Å². The first-order valence-corrected chi connectivity index (χ1v) is 10.8. The van der Waals surface area contributed by atoms with Crippen molar-refractivity contribution in [2.24, 2.45) is 5.92 Å². The van der Waals surface area contributed by atoms with Gasteiger partial charge in [-0.25, -0.2) is 9.97 Å². The smallest absolute Gasteiger partial charge is 0.240 e. The lowest BCUT2D eigenvalue weighted by atomic mass is 10.00. The molecule has 0 spiro atoms.